The van der Waals surface area contributed by atoms with Crippen LogP contribution >= 0.6 is 22.6 Å². The number of aromatic nitrogens is 1. The van der Waals surface area contributed by atoms with E-state index >= 15 is 0 Å². The molecule has 3 rings (SSSR count). The van der Waals surface area contributed by atoms with Gasteiger partial charge in [0.25, 0.3) is 5.91 Å². The van der Waals surface area contributed by atoms with Crippen molar-refractivity contribution in [2.75, 3.05) is 10.6 Å². The third kappa shape index (κ3) is 3.50. The summed E-state index contributed by atoms with van der Waals surface area (Å²) in [7, 11) is 0. The number of fused-ring (bicyclic) bond motifs is 1. The van der Waals surface area contributed by atoms with Crippen LogP contribution in [-0.2, 0) is 4.79 Å². The van der Waals surface area contributed by atoms with Crippen molar-refractivity contribution in [2.45, 2.75) is 6.92 Å². The Morgan fingerprint density at radius 3 is 2.65 bits per heavy atom. The van der Waals surface area contributed by atoms with E-state index in [9.17, 15) is 9.59 Å². The van der Waals surface area contributed by atoms with Gasteiger partial charge in [0.05, 0.1) is 5.56 Å². The van der Waals surface area contributed by atoms with Crippen molar-refractivity contribution in [3.05, 3.63) is 51.6 Å². The number of nitrogens with zero attached hydrogens (tertiary/aromatic N) is 1. The highest BCUT2D eigenvalue weighted by Gasteiger charge is 2.13. The topological polar surface area (TPSA) is 84.2 Å². The molecule has 0 aliphatic carbocycles. The first-order valence-electron chi connectivity index (χ1n) is 6.77. The minimum absolute atomic E-state index is 0.115. The van der Waals surface area contributed by atoms with Crippen LogP contribution < -0.4 is 10.6 Å². The van der Waals surface area contributed by atoms with Crippen LogP contribution in [0, 0.1) is 3.57 Å². The molecule has 116 valence electrons. The third-order valence-corrected chi connectivity index (χ3v) is 3.99. The summed E-state index contributed by atoms with van der Waals surface area (Å²) in [4.78, 5) is 27.5. The molecule has 0 spiro atoms. The maximum Gasteiger partial charge on any atom is 0.302 e. The molecular weight excluding hydrogens is 409 g/mol. The van der Waals surface area contributed by atoms with Crippen LogP contribution in [-0.4, -0.2) is 16.8 Å². The van der Waals surface area contributed by atoms with E-state index in [1.54, 1.807) is 30.3 Å². The van der Waals surface area contributed by atoms with Gasteiger partial charge >= 0.3 is 6.01 Å². The van der Waals surface area contributed by atoms with Crippen molar-refractivity contribution in [2.24, 2.45) is 0 Å². The summed E-state index contributed by atoms with van der Waals surface area (Å²) in [5, 5.41) is 5.31. The summed E-state index contributed by atoms with van der Waals surface area (Å²) in [6.45, 7) is 1.43. The van der Waals surface area contributed by atoms with Crippen molar-refractivity contribution in [3.63, 3.8) is 0 Å². The number of carbonyl (C=O) groups excluding carboxylic acids is 2. The fourth-order valence-electron chi connectivity index (χ4n) is 2.07. The number of benzene rings is 2. The van der Waals surface area contributed by atoms with Gasteiger partial charge in [0.15, 0.2) is 5.58 Å². The molecule has 0 aliphatic rings. The second-order valence-electron chi connectivity index (χ2n) is 4.82. The van der Waals surface area contributed by atoms with Crippen molar-refractivity contribution >= 4 is 57.2 Å². The van der Waals surface area contributed by atoms with Gasteiger partial charge in [0, 0.05) is 22.2 Å². The zero-order valence-electron chi connectivity index (χ0n) is 12.1. The van der Waals surface area contributed by atoms with Crippen molar-refractivity contribution in [1.82, 2.24) is 4.98 Å². The minimum atomic E-state index is -0.288. The fraction of sp³-hybridized carbons (Fsp3) is 0.0625. The van der Waals surface area contributed by atoms with Crippen LogP contribution in [0.5, 0.6) is 0 Å². The fourth-order valence-corrected chi connectivity index (χ4v) is 2.70. The lowest BCUT2D eigenvalue weighted by atomic mass is 10.2. The molecule has 2 aromatic carbocycles. The van der Waals surface area contributed by atoms with E-state index in [0.717, 1.165) is 3.57 Å². The molecule has 7 heteroatoms. The molecule has 0 bridgehead atoms. The predicted molar refractivity (Wildman–Crippen MR) is 95.4 cm³/mol. The summed E-state index contributed by atoms with van der Waals surface area (Å²) in [6.07, 6.45) is 0. The van der Waals surface area contributed by atoms with Crippen LogP contribution in [0.2, 0.25) is 0 Å². The Labute approximate surface area is 145 Å². The van der Waals surface area contributed by atoms with Crippen molar-refractivity contribution in [1.29, 1.82) is 0 Å². The monoisotopic (exact) mass is 421 g/mol. The molecule has 2 N–H and O–H groups in total. The molecule has 0 saturated heterocycles. The smallest absolute Gasteiger partial charge is 0.302 e. The zero-order chi connectivity index (χ0) is 16.4. The average molecular weight is 421 g/mol. The Bertz CT molecular complexity index is 904. The van der Waals surface area contributed by atoms with E-state index in [4.69, 9.17) is 4.42 Å². The second kappa shape index (κ2) is 6.37. The third-order valence-electron chi connectivity index (χ3n) is 3.05. The minimum Gasteiger partial charge on any atom is -0.423 e. The lowest BCUT2D eigenvalue weighted by Gasteiger charge is -2.02. The number of nitrogens with one attached hydrogen (secondary N) is 2. The molecule has 0 saturated carbocycles. The van der Waals surface area contributed by atoms with Crippen molar-refractivity contribution in [3.8, 4) is 0 Å². The first-order chi connectivity index (χ1) is 11.0. The average Bonchev–Trinajstić information content (AvgIpc) is 2.88. The van der Waals surface area contributed by atoms with Crippen LogP contribution in [0.15, 0.2) is 46.9 Å². The van der Waals surface area contributed by atoms with Crippen LogP contribution in [0.1, 0.15) is 17.3 Å². The maximum atomic E-state index is 12.3. The van der Waals surface area contributed by atoms with Crippen LogP contribution in [0.25, 0.3) is 11.1 Å². The lowest BCUT2D eigenvalue weighted by molar-refractivity contribution is -0.114. The quantitative estimate of drug-likeness (QED) is 0.633. The number of halogens is 1. The predicted octanol–water partition coefficient (Wildman–Crippen LogP) is 3.64. The summed E-state index contributed by atoms with van der Waals surface area (Å²) in [6, 6.07) is 12.4. The van der Waals surface area contributed by atoms with Gasteiger partial charge in [-0.15, -0.1) is 0 Å². The molecule has 0 aliphatic heterocycles. The van der Waals surface area contributed by atoms with Gasteiger partial charge in [0.1, 0.15) is 5.52 Å². The van der Waals surface area contributed by atoms with Gasteiger partial charge in [-0.1, -0.05) is 12.1 Å². The van der Waals surface area contributed by atoms with Gasteiger partial charge in [-0.05, 0) is 46.9 Å². The molecule has 6 nitrogen and oxygen atoms in total. The van der Waals surface area contributed by atoms with Gasteiger partial charge in [-0.2, -0.15) is 4.98 Å². The number of rotatable bonds is 3. The number of carbonyl (C=O) groups is 2. The summed E-state index contributed by atoms with van der Waals surface area (Å²) in [5.74, 6) is -0.459. The molecule has 2 amide bonds. The molecule has 0 atom stereocenters. The standard InChI is InChI=1S/C16H12IN3O3/c1-9(21)18-10-6-7-13-14(8-10)23-16(19-13)20-15(22)11-4-2-3-5-12(11)17/h2-8H,1H3,(H,18,21)(H,19,20,22). The Morgan fingerprint density at radius 1 is 1.13 bits per heavy atom. The Hall–Kier alpha value is -2.42. The Morgan fingerprint density at radius 2 is 1.91 bits per heavy atom. The molecule has 23 heavy (non-hydrogen) atoms. The highest BCUT2D eigenvalue weighted by molar-refractivity contribution is 14.1. The molecule has 0 fully saturated rings. The van der Waals surface area contributed by atoms with E-state index in [-0.39, 0.29) is 17.8 Å². The maximum absolute atomic E-state index is 12.3. The van der Waals surface area contributed by atoms with Gasteiger partial charge in [-0.3, -0.25) is 14.9 Å². The SMILES string of the molecule is CC(=O)Nc1ccc2nc(NC(=O)c3ccccc3I)oc2c1. The van der Waals surface area contributed by atoms with Crippen molar-refractivity contribution < 1.29 is 14.0 Å². The molecule has 1 aromatic heterocycles. The molecular formula is C16H12IN3O3. The number of hydrogen-bond donors (Lipinski definition) is 2. The van der Waals surface area contributed by atoms with E-state index in [1.165, 1.54) is 6.92 Å². The Kier molecular flexibility index (Phi) is 4.28. The van der Waals surface area contributed by atoms with Crippen LogP contribution in [0.4, 0.5) is 11.7 Å². The van der Waals surface area contributed by atoms with E-state index in [0.29, 0.717) is 22.4 Å². The summed E-state index contributed by atoms with van der Waals surface area (Å²) in [5.41, 5.74) is 2.23. The number of hydrogen-bond acceptors (Lipinski definition) is 4. The van der Waals surface area contributed by atoms with Gasteiger partial charge in [0.2, 0.25) is 5.91 Å². The van der Waals surface area contributed by atoms with E-state index < -0.39 is 0 Å². The van der Waals surface area contributed by atoms with E-state index in [1.807, 2.05) is 12.1 Å². The van der Waals surface area contributed by atoms with Gasteiger partial charge in [-0.25, -0.2) is 0 Å². The van der Waals surface area contributed by atoms with Crippen LogP contribution in [0.3, 0.4) is 0 Å². The molecule has 0 unspecified atom stereocenters. The lowest BCUT2D eigenvalue weighted by Crippen LogP contribution is -2.13. The summed E-state index contributed by atoms with van der Waals surface area (Å²) < 4.78 is 6.36. The number of oxazole rings is 1. The molecule has 1 heterocycles. The molecule has 0 radical (unpaired) electrons. The zero-order valence-corrected chi connectivity index (χ0v) is 14.2. The number of anilines is 2. The molecule has 3 aromatic rings. The van der Waals surface area contributed by atoms with Gasteiger partial charge < -0.3 is 9.73 Å². The van der Waals surface area contributed by atoms with E-state index in [2.05, 4.69) is 38.2 Å². The Balaban J connectivity index is 1.85. The largest absolute Gasteiger partial charge is 0.423 e. The first-order valence-corrected chi connectivity index (χ1v) is 7.85. The second-order valence-corrected chi connectivity index (χ2v) is 5.98. The highest BCUT2D eigenvalue weighted by atomic mass is 127. The number of amides is 2. The first kappa shape index (κ1) is 15.5. The summed E-state index contributed by atoms with van der Waals surface area (Å²) >= 11 is 2.10. The highest BCUT2D eigenvalue weighted by Crippen LogP contribution is 2.23. The normalized spacial score (nSPS) is 10.5.